The third kappa shape index (κ3) is 3.13. The van der Waals surface area contributed by atoms with Crippen molar-refractivity contribution in [2.75, 3.05) is 19.8 Å². The van der Waals surface area contributed by atoms with Crippen molar-refractivity contribution in [3.05, 3.63) is 23.8 Å². The number of benzene rings is 1. The van der Waals surface area contributed by atoms with Crippen LogP contribution in [0.15, 0.2) is 18.2 Å². The summed E-state index contributed by atoms with van der Waals surface area (Å²) in [5, 5.41) is 6.29. The largest absolute Gasteiger partial charge is 0.486 e. The highest BCUT2D eigenvalue weighted by atomic mass is 16.6. The van der Waals surface area contributed by atoms with Gasteiger partial charge in [-0.15, -0.1) is 0 Å². The molecule has 2 N–H and O–H groups in total. The van der Waals surface area contributed by atoms with Crippen molar-refractivity contribution in [1.29, 1.82) is 0 Å². The monoisotopic (exact) mass is 290 g/mol. The number of para-hydroxylation sites is 1. The van der Waals surface area contributed by atoms with E-state index in [1.807, 2.05) is 18.2 Å². The number of hydrogen-bond donors (Lipinski definition) is 2. The number of amides is 1. The molecule has 1 aromatic rings. The average Bonchev–Trinajstić information content (AvgIpc) is 3.01. The van der Waals surface area contributed by atoms with Gasteiger partial charge in [-0.1, -0.05) is 25.5 Å². The minimum absolute atomic E-state index is 0.0633. The molecule has 1 saturated heterocycles. The van der Waals surface area contributed by atoms with Gasteiger partial charge in [-0.2, -0.15) is 0 Å². The van der Waals surface area contributed by atoms with E-state index in [2.05, 4.69) is 17.6 Å². The molecule has 5 nitrogen and oxygen atoms in total. The first-order chi connectivity index (χ1) is 10.3. The van der Waals surface area contributed by atoms with E-state index >= 15 is 0 Å². The first kappa shape index (κ1) is 14.2. The number of carbonyl (C=O) groups excluding carboxylic acids is 1. The number of fused-ring (bicyclic) bond motifs is 1. The highest BCUT2D eigenvalue weighted by molar-refractivity contribution is 5.82. The van der Waals surface area contributed by atoms with Crippen LogP contribution in [0.5, 0.6) is 11.5 Å². The minimum Gasteiger partial charge on any atom is -0.486 e. The normalized spacial score (nSPS) is 23.9. The van der Waals surface area contributed by atoms with Crippen LogP contribution in [0.3, 0.4) is 0 Å². The Morgan fingerprint density at radius 2 is 2.24 bits per heavy atom. The van der Waals surface area contributed by atoms with E-state index in [4.69, 9.17) is 9.47 Å². The van der Waals surface area contributed by atoms with Crippen molar-refractivity contribution >= 4 is 5.91 Å². The smallest absolute Gasteiger partial charge is 0.237 e. The van der Waals surface area contributed by atoms with Gasteiger partial charge in [0.25, 0.3) is 0 Å². The van der Waals surface area contributed by atoms with Gasteiger partial charge in [0.15, 0.2) is 11.5 Å². The van der Waals surface area contributed by atoms with Gasteiger partial charge >= 0.3 is 0 Å². The van der Waals surface area contributed by atoms with Crippen molar-refractivity contribution in [3.63, 3.8) is 0 Å². The molecule has 1 fully saturated rings. The molecule has 0 bridgehead atoms. The predicted molar refractivity (Wildman–Crippen MR) is 79.5 cm³/mol. The van der Waals surface area contributed by atoms with E-state index in [1.54, 1.807) is 0 Å². The zero-order chi connectivity index (χ0) is 14.7. The standard InChI is InChI=1S/C16H22N2O3/c1-2-11-8-13(17-9-11)16(19)18-10-12-4-3-5-14-15(12)21-7-6-20-14/h3-5,11,13,17H,2,6-10H2,1H3,(H,18,19)/t11-,13-/m0/s1. The van der Waals surface area contributed by atoms with Crippen LogP contribution in [0, 0.1) is 5.92 Å². The number of ether oxygens (including phenoxy) is 2. The molecule has 0 unspecified atom stereocenters. The maximum absolute atomic E-state index is 12.2. The van der Waals surface area contributed by atoms with E-state index in [9.17, 15) is 4.79 Å². The molecular formula is C16H22N2O3. The van der Waals surface area contributed by atoms with Crippen molar-refractivity contribution in [2.45, 2.75) is 32.4 Å². The van der Waals surface area contributed by atoms with Gasteiger partial charge < -0.3 is 20.1 Å². The zero-order valence-electron chi connectivity index (χ0n) is 12.4. The molecular weight excluding hydrogens is 268 g/mol. The summed E-state index contributed by atoms with van der Waals surface area (Å²) in [6.07, 6.45) is 2.04. The molecule has 3 rings (SSSR count). The molecule has 0 spiro atoms. The summed E-state index contributed by atoms with van der Waals surface area (Å²) in [7, 11) is 0. The second kappa shape index (κ2) is 6.35. The summed E-state index contributed by atoms with van der Waals surface area (Å²) < 4.78 is 11.2. The van der Waals surface area contributed by atoms with Crippen LogP contribution < -0.4 is 20.1 Å². The Morgan fingerprint density at radius 3 is 3.05 bits per heavy atom. The average molecular weight is 290 g/mol. The van der Waals surface area contributed by atoms with E-state index in [-0.39, 0.29) is 11.9 Å². The fourth-order valence-corrected chi connectivity index (χ4v) is 2.90. The van der Waals surface area contributed by atoms with E-state index in [0.29, 0.717) is 25.7 Å². The Balaban J connectivity index is 1.59. The quantitative estimate of drug-likeness (QED) is 0.881. The van der Waals surface area contributed by atoms with Gasteiger partial charge in [0.2, 0.25) is 5.91 Å². The van der Waals surface area contributed by atoms with Crippen LogP contribution in [0.4, 0.5) is 0 Å². The Kier molecular flexibility index (Phi) is 4.29. The summed E-state index contributed by atoms with van der Waals surface area (Å²) in [6.45, 7) is 4.71. The molecule has 2 aliphatic heterocycles. The molecule has 2 atom stereocenters. The zero-order valence-corrected chi connectivity index (χ0v) is 12.4. The lowest BCUT2D eigenvalue weighted by Gasteiger charge is -2.21. The van der Waals surface area contributed by atoms with Crippen molar-refractivity contribution < 1.29 is 14.3 Å². The second-order valence-electron chi connectivity index (χ2n) is 5.63. The number of carbonyl (C=O) groups is 1. The summed E-state index contributed by atoms with van der Waals surface area (Å²) in [5.41, 5.74) is 0.964. The summed E-state index contributed by atoms with van der Waals surface area (Å²) in [5.74, 6) is 2.20. The Hall–Kier alpha value is -1.75. The van der Waals surface area contributed by atoms with Crippen LogP contribution in [-0.2, 0) is 11.3 Å². The summed E-state index contributed by atoms with van der Waals surface area (Å²) in [4.78, 5) is 12.2. The van der Waals surface area contributed by atoms with E-state index in [0.717, 1.165) is 36.4 Å². The van der Waals surface area contributed by atoms with Gasteiger partial charge in [-0.05, 0) is 24.9 Å². The molecule has 5 heteroatoms. The molecule has 0 radical (unpaired) electrons. The maximum Gasteiger partial charge on any atom is 0.237 e. The molecule has 21 heavy (non-hydrogen) atoms. The summed E-state index contributed by atoms with van der Waals surface area (Å²) in [6, 6.07) is 5.72. The SMILES string of the molecule is CC[C@@H]1CN[C@H](C(=O)NCc2cccc3c2OCCO3)C1. The third-order valence-corrected chi connectivity index (χ3v) is 4.22. The molecule has 2 heterocycles. The number of nitrogens with one attached hydrogen (secondary N) is 2. The van der Waals surface area contributed by atoms with Gasteiger partial charge in [0, 0.05) is 12.1 Å². The van der Waals surface area contributed by atoms with Crippen molar-refractivity contribution in [1.82, 2.24) is 10.6 Å². The van der Waals surface area contributed by atoms with Crippen molar-refractivity contribution in [2.24, 2.45) is 5.92 Å². The van der Waals surface area contributed by atoms with E-state index < -0.39 is 0 Å². The molecule has 1 amide bonds. The molecule has 0 aromatic heterocycles. The third-order valence-electron chi connectivity index (χ3n) is 4.22. The molecule has 0 saturated carbocycles. The van der Waals surface area contributed by atoms with Crippen LogP contribution >= 0.6 is 0 Å². The Morgan fingerprint density at radius 1 is 1.38 bits per heavy atom. The number of rotatable bonds is 4. The summed E-state index contributed by atoms with van der Waals surface area (Å²) >= 11 is 0. The Bertz CT molecular complexity index is 518. The second-order valence-corrected chi connectivity index (χ2v) is 5.63. The lowest BCUT2D eigenvalue weighted by Crippen LogP contribution is -2.40. The lowest BCUT2D eigenvalue weighted by molar-refractivity contribution is -0.123. The van der Waals surface area contributed by atoms with Gasteiger partial charge in [0.1, 0.15) is 13.2 Å². The highest BCUT2D eigenvalue weighted by Crippen LogP contribution is 2.33. The molecule has 114 valence electrons. The topological polar surface area (TPSA) is 59.6 Å². The first-order valence-corrected chi connectivity index (χ1v) is 7.66. The fraction of sp³-hybridized carbons (Fsp3) is 0.562. The van der Waals surface area contributed by atoms with Gasteiger partial charge in [-0.25, -0.2) is 0 Å². The van der Waals surface area contributed by atoms with E-state index in [1.165, 1.54) is 0 Å². The van der Waals surface area contributed by atoms with Gasteiger partial charge in [-0.3, -0.25) is 4.79 Å². The predicted octanol–water partition coefficient (Wildman–Crippen LogP) is 1.46. The van der Waals surface area contributed by atoms with Crippen LogP contribution in [0.1, 0.15) is 25.3 Å². The molecule has 2 aliphatic rings. The minimum atomic E-state index is -0.0633. The fourth-order valence-electron chi connectivity index (χ4n) is 2.90. The van der Waals surface area contributed by atoms with Crippen molar-refractivity contribution in [3.8, 4) is 11.5 Å². The number of hydrogen-bond acceptors (Lipinski definition) is 4. The lowest BCUT2D eigenvalue weighted by atomic mass is 10.0. The molecule has 1 aromatic carbocycles. The van der Waals surface area contributed by atoms with Crippen LogP contribution in [0.2, 0.25) is 0 Å². The van der Waals surface area contributed by atoms with Gasteiger partial charge in [0.05, 0.1) is 6.04 Å². The molecule has 0 aliphatic carbocycles. The highest BCUT2D eigenvalue weighted by Gasteiger charge is 2.28. The van der Waals surface area contributed by atoms with Crippen LogP contribution in [-0.4, -0.2) is 31.7 Å². The maximum atomic E-state index is 12.2. The Labute approximate surface area is 125 Å². The van der Waals surface area contributed by atoms with Crippen LogP contribution in [0.25, 0.3) is 0 Å². The first-order valence-electron chi connectivity index (χ1n) is 7.66.